The average Bonchev–Trinajstić information content (AvgIpc) is 3.69. The summed E-state index contributed by atoms with van der Waals surface area (Å²) < 4.78 is 46.7. The zero-order valence-corrected chi connectivity index (χ0v) is 25.9. The van der Waals surface area contributed by atoms with Crippen molar-refractivity contribution in [1.82, 2.24) is 9.88 Å². The minimum Gasteiger partial charge on any atom is -0.445 e. The van der Waals surface area contributed by atoms with Gasteiger partial charge in [-0.15, -0.1) is 11.3 Å². The van der Waals surface area contributed by atoms with Gasteiger partial charge < -0.3 is 9.64 Å². The van der Waals surface area contributed by atoms with Crippen LogP contribution in [0.25, 0.3) is 10.6 Å². The van der Waals surface area contributed by atoms with E-state index in [0.717, 1.165) is 33.8 Å². The maximum Gasteiger partial charge on any atom is 0.471 e. The molecule has 6 nitrogen and oxygen atoms in total. The number of halogens is 4. The summed E-state index contributed by atoms with van der Waals surface area (Å²) in [4.78, 5) is 32.2. The molecule has 228 valence electrons. The molecule has 1 aliphatic heterocycles. The number of carbonyl (C=O) groups is 2. The molecule has 1 aliphatic rings. The highest BCUT2D eigenvalue weighted by molar-refractivity contribution is 9.10. The largest absolute Gasteiger partial charge is 0.471 e. The topological polar surface area (TPSA) is 62.7 Å². The van der Waals surface area contributed by atoms with Gasteiger partial charge in [-0.1, -0.05) is 72.8 Å². The molecule has 2 heterocycles. The van der Waals surface area contributed by atoms with Gasteiger partial charge in [0.15, 0.2) is 0 Å². The first kappa shape index (κ1) is 31.5. The highest BCUT2D eigenvalue weighted by Crippen LogP contribution is 2.35. The summed E-state index contributed by atoms with van der Waals surface area (Å²) in [5.74, 6) is -1.99. The van der Waals surface area contributed by atoms with Gasteiger partial charge in [-0.2, -0.15) is 13.2 Å². The van der Waals surface area contributed by atoms with Gasteiger partial charge in [0.05, 0.1) is 17.4 Å². The second kappa shape index (κ2) is 14.2. The number of aromatic nitrogens is 1. The quantitative estimate of drug-likeness (QED) is 0.166. The zero-order chi connectivity index (χ0) is 31.1. The van der Waals surface area contributed by atoms with Crippen molar-refractivity contribution >= 4 is 45.0 Å². The highest BCUT2D eigenvalue weighted by Gasteiger charge is 2.43. The number of hydrogen-bond acceptors (Lipinski definition) is 5. The van der Waals surface area contributed by atoms with Crippen molar-refractivity contribution in [3.63, 3.8) is 0 Å². The summed E-state index contributed by atoms with van der Waals surface area (Å²) in [7, 11) is 0. The molecule has 3 aromatic carbocycles. The minimum atomic E-state index is -5.08. The Morgan fingerprint density at radius 1 is 1.05 bits per heavy atom. The van der Waals surface area contributed by atoms with Crippen LogP contribution >= 0.6 is 27.3 Å². The summed E-state index contributed by atoms with van der Waals surface area (Å²) in [6, 6.07) is 23.7. The average molecular weight is 685 g/mol. The molecule has 11 heteroatoms. The molecule has 0 spiro atoms. The van der Waals surface area contributed by atoms with Gasteiger partial charge in [0.25, 0.3) is 0 Å². The maximum atomic E-state index is 13.7. The van der Waals surface area contributed by atoms with Crippen molar-refractivity contribution in [3.05, 3.63) is 118 Å². The molecule has 5 rings (SSSR count). The molecule has 0 aliphatic carbocycles. The molecular formula is C33H29BrF3N3O3S. The van der Waals surface area contributed by atoms with Gasteiger partial charge in [0.1, 0.15) is 11.6 Å². The summed E-state index contributed by atoms with van der Waals surface area (Å²) in [5, 5.41) is 2.68. The van der Waals surface area contributed by atoms with Crippen molar-refractivity contribution in [1.29, 1.82) is 0 Å². The third-order valence-corrected chi connectivity index (χ3v) is 8.71. The van der Waals surface area contributed by atoms with E-state index in [4.69, 9.17) is 9.72 Å². The van der Waals surface area contributed by atoms with E-state index >= 15 is 0 Å². The lowest BCUT2D eigenvalue weighted by Crippen LogP contribution is -2.41. The van der Waals surface area contributed by atoms with Crippen LogP contribution in [-0.4, -0.2) is 47.2 Å². The number of benzene rings is 3. The van der Waals surface area contributed by atoms with E-state index in [1.54, 1.807) is 23.1 Å². The second-order valence-electron chi connectivity index (χ2n) is 10.3. The summed E-state index contributed by atoms with van der Waals surface area (Å²) in [5.41, 5.74) is 3.66. The third kappa shape index (κ3) is 7.95. The van der Waals surface area contributed by atoms with E-state index in [9.17, 15) is 22.8 Å². The first-order valence-corrected chi connectivity index (χ1v) is 15.7. The molecule has 0 unspecified atom stereocenters. The Morgan fingerprint density at radius 2 is 1.75 bits per heavy atom. The first-order chi connectivity index (χ1) is 21.2. The fourth-order valence-corrected chi connectivity index (χ4v) is 6.38. The molecule has 4 aromatic rings. The SMILES string of the molecule is O=C(OCc1ccccc1)N1CCC[C@@H]1C=CCN(C(=O)C(F)(F)F)c1ccc(-c2nc(Cc3ccccc3)cs2)cc1Br. The molecule has 0 bridgehead atoms. The van der Waals surface area contributed by atoms with E-state index < -0.39 is 18.2 Å². The Kier molecular flexibility index (Phi) is 10.2. The van der Waals surface area contributed by atoms with Crippen LogP contribution in [0.3, 0.4) is 0 Å². The molecule has 1 saturated heterocycles. The predicted molar refractivity (Wildman–Crippen MR) is 168 cm³/mol. The van der Waals surface area contributed by atoms with Crippen LogP contribution in [0.5, 0.6) is 0 Å². The Labute approximate surface area is 265 Å². The number of likely N-dealkylation sites (tertiary alicyclic amines) is 1. The van der Waals surface area contributed by atoms with Gasteiger partial charge in [-0.3, -0.25) is 9.69 Å². The summed E-state index contributed by atoms with van der Waals surface area (Å²) in [6.45, 7) is 0.267. The van der Waals surface area contributed by atoms with Crippen LogP contribution in [0.4, 0.5) is 23.7 Å². The van der Waals surface area contributed by atoms with Crippen molar-refractivity contribution in [3.8, 4) is 10.6 Å². The number of rotatable bonds is 9. The molecule has 2 amide bonds. The van der Waals surface area contributed by atoms with Crippen molar-refractivity contribution < 1.29 is 27.5 Å². The van der Waals surface area contributed by atoms with Gasteiger partial charge in [-0.25, -0.2) is 9.78 Å². The van der Waals surface area contributed by atoms with E-state index in [0.29, 0.717) is 28.8 Å². The number of alkyl halides is 3. The molecule has 44 heavy (non-hydrogen) atoms. The van der Waals surface area contributed by atoms with E-state index in [1.807, 2.05) is 66.0 Å². The monoisotopic (exact) mass is 683 g/mol. The van der Waals surface area contributed by atoms with Crippen LogP contribution in [0, 0.1) is 0 Å². The number of amides is 2. The minimum absolute atomic E-state index is 0.0762. The van der Waals surface area contributed by atoms with E-state index in [-0.39, 0.29) is 24.9 Å². The Hall–Kier alpha value is -3.96. The molecule has 0 radical (unpaired) electrons. The van der Waals surface area contributed by atoms with Gasteiger partial charge in [-0.05, 0) is 58.1 Å². The third-order valence-electron chi connectivity index (χ3n) is 7.14. The Balaban J connectivity index is 1.28. The number of carbonyl (C=O) groups excluding carboxylic acids is 2. The van der Waals surface area contributed by atoms with Crippen molar-refractivity contribution in [2.45, 2.75) is 38.1 Å². The first-order valence-electron chi connectivity index (χ1n) is 14.0. The van der Waals surface area contributed by atoms with Crippen molar-refractivity contribution in [2.75, 3.05) is 18.0 Å². The lowest BCUT2D eigenvalue weighted by molar-refractivity contribution is -0.170. The zero-order valence-electron chi connectivity index (χ0n) is 23.5. The maximum absolute atomic E-state index is 13.7. The summed E-state index contributed by atoms with van der Waals surface area (Å²) >= 11 is 4.83. The number of ether oxygens (including phenoxy) is 1. The number of anilines is 1. The molecule has 0 N–H and O–H groups in total. The molecule has 1 atom stereocenters. The standard InChI is InChI=1S/C33H29BrF3N3O3S/c34-28-20-25(30-38-26(22-44-30)19-23-9-3-1-4-10-23)15-16-29(28)40(31(41)33(35,36)37)18-8-14-27-13-7-17-39(27)32(42)43-21-24-11-5-2-6-12-24/h1-6,8-12,14-16,20,22,27H,7,13,17-19,21H2/t27-/m1/s1. The highest BCUT2D eigenvalue weighted by atomic mass is 79.9. The van der Waals surface area contributed by atoms with Crippen LogP contribution in [0.1, 0.15) is 29.7 Å². The van der Waals surface area contributed by atoms with E-state index in [1.165, 1.54) is 23.5 Å². The molecule has 1 fully saturated rings. The normalized spacial score (nSPS) is 15.1. The van der Waals surface area contributed by atoms with Gasteiger partial charge in [0.2, 0.25) is 0 Å². The fourth-order valence-electron chi connectivity index (χ4n) is 4.97. The molecular weight excluding hydrogens is 655 g/mol. The Morgan fingerprint density at radius 3 is 2.43 bits per heavy atom. The lowest BCUT2D eigenvalue weighted by Gasteiger charge is -2.25. The van der Waals surface area contributed by atoms with E-state index in [2.05, 4.69) is 15.9 Å². The number of nitrogens with zero attached hydrogens (tertiary/aromatic N) is 3. The van der Waals surface area contributed by atoms with Gasteiger partial charge >= 0.3 is 18.2 Å². The number of hydrogen-bond donors (Lipinski definition) is 0. The Bertz CT molecular complexity index is 1610. The smallest absolute Gasteiger partial charge is 0.445 e. The van der Waals surface area contributed by atoms with Gasteiger partial charge in [0, 0.05) is 34.9 Å². The molecule has 0 saturated carbocycles. The fraction of sp³-hybridized carbons (Fsp3) is 0.242. The molecule has 1 aromatic heterocycles. The van der Waals surface area contributed by atoms with Crippen LogP contribution < -0.4 is 4.90 Å². The predicted octanol–water partition coefficient (Wildman–Crippen LogP) is 8.42. The summed E-state index contributed by atoms with van der Waals surface area (Å²) in [6.07, 6.45) is -0.362. The van der Waals surface area contributed by atoms with Crippen LogP contribution in [-0.2, 0) is 22.6 Å². The van der Waals surface area contributed by atoms with Crippen molar-refractivity contribution in [2.24, 2.45) is 0 Å². The van der Waals surface area contributed by atoms with Crippen LogP contribution in [0.2, 0.25) is 0 Å². The number of thiazole rings is 1. The second-order valence-corrected chi connectivity index (χ2v) is 12.0. The lowest BCUT2D eigenvalue weighted by atomic mass is 10.1. The van der Waals surface area contributed by atoms with Crippen LogP contribution in [0.15, 0.2) is 101 Å².